The van der Waals surface area contributed by atoms with Crippen LogP contribution in [0.4, 0.5) is 0 Å². The van der Waals surface area contributed by atoms with Gasteiger partial charge in [0, 0.05) is 10.8 Å². The van der Waals surface area contributed by atoms with E-state index in [1.165, 1.54) is 0 Å². The number of amidine groups is 1. The molecule has 2 aromatic carbocycles. The molecule has 1 aliphatic carbocycles. The van der Waals surface area contributed by atoms with Crippen molar-refractivity contribution >= 4 is 34.4 Å². The van der Waals surface area contributed by atoms with Crippen LogP contribution in [0.25, 0.3) is 0 Å². The van der Waals surface area contributed by atoms with Crippen LogP contribution >= 0.6 is 23.4 Å². The summed E-state index contributed by atoms with van der Waals surface area (Å²) < 4.78 is 0. The third-order valence-electron chi connectivity index (χ3n) is 4.65. The molecule has 27 heavy (non-hydrogen) atoms. The third-order valence-corrected chi connectivity index (χ3v) is 6.05. The topological polar surface area (TPSA) is 32.7 Å². The summed E-state index contributed by atoms with van der Waals surface area (Å²) in [6.45, 7) is 0.523. The second-order valence-corrected chi connectivity index (χ2v) is 7.84. The first-order chi connectivity index (χ1) is 13.2. The van der Waals surface area contributed by atoms with E-state index in [-0.39, 0.29) is 17.9 Å². The van der Waals surface area contributed by atoms with E-state index in [0.29, 0.717) is 12.3 Å². The van der Waals surface area contributed by atoms with Crippen LogP contribution < -0.4 is 0 Å². The summed E-state index contributed by atoms with van der Waals surface area (Å²) in [5.74, 6) is 0.554. The van der Waals surface area contributed by atoms with Crippen molar-refractivity contribution in [2.45, 2.75) is 18.3 Å². The van der Waals surface area contributed by atoms with Gasteiger partial charge in [-0.1, -0.05) is 96.2 Å². The Morgan fingerprint density at radius 2 is 1.74 bits per heavy atom. The molecule has 2 atom stereocenters. The molecule has 0 bridgehead atoms. The van der Waals surface area contributed by atoms with Crippen molar-refractivity contribution in [3.8, 4) is 0 Å². The fourth-order valence-electron chi connectivity index (χ4n) is 3.20. The molecule has 0 spiro atoms. The minimum absolute atomic E-state index is 0.0983. The number of carbonyl (C=O) groups is 1. The fourth-order valence-corrected chi connectivity index (χ4v) is 4.53. The average molecular weight is 395 g/mol. The van der Waals surface area contributed by atoms with Crippen LogP contribution in [0.1, 0.15) is 11.1 Å². The van der Waals surface area contributed by atoms with Gasteiger partial charge in [0.25, 0.3) is 0 Å². The molecule has 4 rings (SSSR count). The number of allylic oxidation sites excluding steroid dienone is 2. The van der Waals surface area contributed by atoms with Gasteiger partial charge in [0.1, 0.15) is 0 Å². The fraction of sp³-hybridized carbons (Fsp3) is 0.182. The molecule has 1 amide bonds. The molecule has 0 aromatic heterocycles. The molecule has 136 valence electrons. The first-order valence-corrected chi connectivity index (χ1v) is 10.2. The number of hydrogen-bond donors (Lipinski definition) is 0. The van der Waals surface area contributed by atoms with Gasteiger partial charge >= 0.3 is 0 Å². The van der Waals surface area contributed by atoms with Crippen LogP contribution in [0, 0.1) is 5.92 Å². The van der Waals surface area contributed by atoms with Gasteiger partial charge in [-0.25, -0.2) is 0 Å². The summed E-state index contributed by atoms with van der Waals surface area (Å²) in [4.78, 5) is 19.9. The number of amides is 1. The number of benzene rings is 2. The van der Waals surface area contributed by atoms with E-state index in [0.717, 1.165) is 21.3 Å². The number of halogens is 1. The highest BCUT2D eigenvalue weighted by Crippen LogP contribution is 2.31. The Kier molecular flexibility index (Phi) is 5.46. The number of aliphatic imine (C=N–C) groups is 1. The molecule has 0 radical (unpaired) electrons. The van der Waals surface area contributed by atoms with Crippen molar-refractivity contribution in [1.29, 1.82) is 0 Å². The van der Waals surface area contributed by atoms with E-state index in [1.54, 1.807) is 11.8 Å². The number of fused-ring (bicyclic) bond motifs is 1. The van der Waals surface area contributed by atoms with Crippen molar-refractivity contribution in [3.05, 3.63) is 95.1 Å². The molecule has 1 aliphatic heterocycles. The highest BCUT2D eigenvalue weighted by atomic mass is 35.5. The first-order valence-electron chi connectivity index (χ1n) is 8.86. The maximum Gasteiger partial charge on any atom is 0.238 e. The Hall–Kier alpha value is -2.30. The minimum atomic E-state index is -0.219. The monoisotopic (exact) mass is 394 g/mol. The van der Waals surface area contributed by atoms with Gasteiger partial charge in [0.15, 0.2) is 5.17 Å². The number of nitrogens with zero attached hydrogens (tertiary/aromatic N) is 2. The standard InChI is InChI=1S/C22H19ClN2OS/c23-19-12-6-4-10-17(19)15-27-22-24-20-13-7-5-11-18(20)21(26)25(22)14-16-8-2-1-3-9-16/h1-13,18,20H,14-15H2/t18-,20-/m1/s1. The summed E-state index contributed by atoms with van der Waals surface area (Å²) >= 11 is 7.86. The lowest BCUT2D eigenvalue weighted by atomic mass is 9.93. The Balaban J connectivity index is 1.61. The molecule has 0 unspecified atom stereocenters. The van der Waals surface area contributed by atoms with Crippen LogP contribution in [-0.4, -0.2) is 22.0 Å². The predicted molar refractivity (Wildman–Crippen MR) is 113 cm³/mol. The molecule has 1 heterocycles. The van der Waals surface area contributed by atoms with Crippen molar-refractivity contribution in [3.63, 3.8) is 0 Å². The summed E-state index contributed by atoms with van der Waals surface area (Å²) in [5.41, 5.74) is 2.13. The van der Waals surface area contributed by atoms with Crippen LogP contribution in [0.3, 0.4) is 0 Å². The maximum atomic E-state index is 13.2. The smallest absolute Gasteiger partial charge is 0.238 e. The molecule has 0 saturated heterocycles. The number of carbonyl (C=O) groups excluding carboxylic acids is 1. The Morgan fingerprint density at radius 1 is 1.00 bits per heavy atom. The van der Waals surface area contributed by atoms with Gasteiger partial charge < -0.3 is 0 Å². The molecule has 0 fully saturated rings. The van der Waals surface area contributed by atoms with Gasteiger partial charge in [0.2, 0.25) is 5.91 Å². The van der Waals surface area contributed by atoms with E-state index in [9.17, 15) is 4.79 Å². The van der Waals surface area contributed by atoms with E-state index < -0.39 is 0 Å². The average Bonchev–Trinajstić information content (AvgIpc) is 2.71. The molecular formula is C22H19ClN2OS. The first kappa shape index (κ1) is 18.1. The van der Waals surface area contributed by atoms with Gasteiger partial charge in [0.05, 0.1) is 18.5 Å². The number of thioether (sulfide) groups is 1. The van der Waals surface area contributed by atoms with E-state index in [1.807, 2.05) is 83.8 Å². The summed E-state index contributed by atoms with van der Waals surface area (Å²) in [6, 6.07) is 17.7. The maximum absolute atomic E-state index is 13.2. The number of rotatable bonds is 4. The van der Waals surface area contributed by atoms with Crippen molar-refractivity contribution in [2.24, 2.45) is 10.9 Å². The summed E-state index contributed by atoms with van der Waals surface area (Å²) in [6.07, 6.45) is 7.83. The second-order valence-electron chi connectivity index (χ2n) is 6.49. The summed E-state index contributed by atoms with van der Waals surface area (Å²) in [7, 11) is 0. The molecular weight excluding hydrogens is 376 g/mol. The van der Waals surface area contributed by atoms with E-state index >= 15 is 0 Å². The van der Waals surface area contributed by atoms with E-state index in [4.69, 9.17) is 16.6 Å². The van der Waals surface area contributed by atoms with Crippen LogP contribution in [0.5, 0.6) is 0 Å². The van der Waals surface area contributed by atoms with Crippen molar-refractivity contribution in [1.82, 2.24) is 4.90 Å². The molecule has 0 N–H and O–H groups in total. The largest absolute Gasteiger partial charge is 0.286 e. The SMILES string of the molecule is O=C1[C@@H]2C=CC=C[C@H]2N=C(SCc2ccccc2Cl)N1Cc1ccccc1. The lowest BCUT2D eigenvalue weighted by Crippen LogP contribution is -2.46. The summed E-state index contributed by atoms with van der Waals surface area (Å²) in [5, 5.41) is 1.49. The zero-order valence-corrected chi connectivity index (χ0v) is 16.2. The zero-order chi connectivity index (χ0) is 18.6. The van der Waals surface area contributed by atoms with Gasteiger partial charge in [-0.05, 0) is 17.2 Å². The second kappa shape index (κ2) is 8.15. The van der Waals surface area contributed by atoms with Crippen LogP contribution in [0.15, 0.2) is 83.9 Å². The highest BCUT2D eigenvalue weighted by molar-refractivity contribution is 8.13. The van der Waals surface area contributed by atoms with Gasteiger partial charge in [-0.15, -0.1) is 0 Å². The predicted octanol–water partition coefficient (Wildman–Crippen LogP) is 5.08. The minimum Gasteiger partial charge on any atom is -0.286 e. The normalized spacial score (nSPS) is 21.1. The van der Waals surface area contributed by atoms with Crippen LogP contribution in [-0.2, 0) is 17.1 Å². The lowest BCUT2D eigenvalue weighted by molar-refractivity contribution is -0.131. The Morgan fingerprint density at radius 3 is 2.56 bits per heavy atom. The highest BCUT2D eigenvalue weighted by Gasteiger charge is 2.36. The van der Waals surface area contributed by atoms with Crippen molar-refractivity contribution < 1.29 is 4.79 Å². The zero-order valence-electron chi connectivity index (χ0n) is 14.7. The van der Waals surface area contributed by atoms with Gasteiger partial charge in [-0.3, -0.25) is 14.7 Å². The third kappa shape index (κ3) is 4.02. The lowest BCUT2D eigenvalue weighted by Gasteiger charge is -2.35. The molecule has 2 aliphatic rings. The van der Waals surface area contributed by atoms with Crippen LogP contribution in [0.2, 0.25) is 5.02 Å². The van der Waals surface area contributed by atoms with E-state index in [2.05, 4.69) is 0 Å². The quantitative estimate of drug-likeness (QED) is 0.724. The molecule has 3 nitrogen and oxygen atoms in total. The molecule has 0 saturated carbocycles. The Bertz CT molecular complexity index is 923. The molecule has 2 aromatic rings. The molecule has 5 heteroatoms. The number of hydrogen-bond acceptors (Lipinski definition) is 3. The van der Waals surface area contributed by atoms with Gasteiger partial charge in [-0.2, -0.15) is 0 Å². The Labute approximate surface area is 168 Å². The van der Waals surface area contributed by atoms with Crippen molar-refractivity contribution in [2.75, 3.05) is 0 Å².